The van der Waals surface area contributed by atoms with Crippen LogP contribution in [0.3, 0.4) is 0 Å². The fraction of sp³-hybridized carbons (Fsp3) is 0.385. The molecule has 7 nitrogen and oxygen atoms in total. The zero-order valence-electron chi connectivity index (χ0n) is 12.4. The van der Waals surface area contributed by atoms with Gasteiger partial charge in [0.2, 0.25) is 5.91 Å². The van der Waals surface area contributed by atoms with Crippen LogP contribution in [0.2, 0.25) is 0 Å². The molecule has 1 atom stereocenters. The van der Waals surface area contributed by atoms with Crippen LogP contribution in [0.4, 0.5) is 10.6 Å². The number of amides is 3. The minimum atomic E-state index is -0.519. The Bertz CT molecular complexity index is 701. The van der Waals surface area contributed by atoms with Crippen LogP contribution >= 0.6 is 23.1 Å². The van der Waals surface area contributed by atoms with Crippen molar-refractivity contribution in [2.45, 2.75) is 37.2 Å². The van der Waals surface area contributed by atoms with Crippen molar-refractivity contribution in [1.29, 1.82) is 0 Å². The Morgan fingerprint density at radius 3 is 2.73 bits per heavy atom. The molecule has 2 rings (SSSR count). The van der Waals surface area contributed by atoms with Gasteiger partial charge >= 0.3 is 6.03 Å². The number of nitrogen functional groups attached to an aromatic ring is 1. The largest absolute Gasteiger partial charge is 0.383 e. The fourth-order valence-corrected chi connectivity index (χ4v) is 3.24. The Kier molecular flexibility index (Phi) is 5.19. The molecule has 0 radical (unpaired) electrons. The lowest BCUT2D eigenvalue weighted by Crippen LogP contribution is -2.45. The van der Waals surface area contributed by atoms with Gasteiger partial charge in [0.15, 0.2) is 5.16 Å². The number of carbonyl (C=O) groups is 2. The third-order valence-electron chi connectivity index (χ3n) is 2.64. The summed E-state index contributed by atoms with van der Waals surface area (Å²) in [7, 11) is 0. The highest BCUT2D eigenvalue weighted by molar-refractivity contribution is 8.00. The first kappa shape index (κ1) is 16.5. The highest BCUT2D eigenvalue weighted by atomic mass is 32.2. The number of hydrogen-bond donors (Lipinski definition) is 3. The van der Waals surface area contributed by atoms with E-state index in [0.29, 0.717) is 11.0 Å². The van der Waals surface area contributed by atoms with Crippen LogP contribution in [0.5, 0.6) is 0 Å². The summed E-state index contributed by atoms with van der Waals surface area (Å²) in [5, 5.41) is 7.47. The molecule has 0 aliphatic rings. The molecule has 2 aromatic rings. The van der Waals surface area contributed by atoms with Crippen molar-refractivity contribution in [3.63, 3.8) is 0 Å². The number of hydrogen-bond acceptors (Lipinski definition) is 7. The molecule has 0 bridgehead atoms. The second-order valence-corrected chi connectivity index (χ2v) is 7.11. The standard InChI is InChI=1S/C13H17N5O2S2/c1-6(2)15-12(20)17-10(19)7(3)22-13-16-9(14)8-4-5-21-11(8)18-13/h4-7H,1-3H3,(H2,14,16,18)(H2,15,17,19,20)/t7-/m1/s1. The normalized spacial score (nSPS) is 12.4. The molecule has 3 amide bonds. The molecule has 22 heavy (non-hydrogen) atoms. The molecule has 0 aliphatic carbocycles. The van der Waals surface area contributed by atoms with Crippen LogP contribution in [0, 0.1) is 0 Å². The average molecular weight is 339 g/mol. The van der Waals surface area contributed by atoms with E-state index in [4.69, 9.17) is 5.73 Å². The van der Waals surface area contributed by atoms with Crippen LogP contribution in [-0.2, 0) is 4.79 Å². The molecule has 0 saturated carbocycles. The SMILES string of the molecule is CC(C)NC(=O)NC(=O)[C@@H](C)Sc1nc(N)c2ccsc2n1. The topological polar surface area (TPSA) is 110 Å². The predicted molar refractivity (Wildman–Crippen MR) is 89.0 cm³/mol. The van der Waals surface area contributed by atoms with Gasteiger partial charge in [-0.25, -0.2) is 14.8 Å². The highest BCUT2D eigenvalue weighted by Gasteiger charge is 2.19. The zero-order valence-corrected chi connectivity index (χ0v) is 14.0. The highest BCUT2D eigenvalue weighted by Crippen LogP contribution is 2.28. The molecule has 2 aromatic heterocycles. The molecule has 0 spiro atoms. The van der Waals surface area contributed by atoms with E-state index in [1.54, 1.807) is 6.92 Å². The van der Waals surface area contributed by atoms with E-state index in [0.717, 1.165) is 22.0 Å². The van der Waals surface area contributed by atoms with Gasteiger partial charge in [0, 0.05) is 6.04 Å². The maximum absolute atomic E-state index is 12.0. The van der Waals surface area contributed by atoms with Gasteiger partial charge in [-0.3, -0.25) is 10.1 Å². The van der Waals surface area contributed by atoms with Crippen molar-refractivity contribution in [3.05, 3.63) is 11.4 Å². The van der Waals surface area contributed by atoms with Gasteiger partial charge in [0.25, 0.3) is 0 Å². The van der Waals surface area contributed by atoms with Crippen LogP contribution in [-0.4, -0.2) is 33.2 Å². The maximum atomic E-state index is 12.0. The minimum Gasteiger partial charge on any atom is -0.383 e. The molecule has 9 heteroatoms. The number of nitrogens with one attached hydrogen (secondary N) is 2. The number of thioether (sulfide) groups is 1. The number of thiophene rings is 1. The lowest BCUT2D eigenvalue weighted by atomic mass is 10.4. The first-order valence-electron chi connectivity index (χ1n) is 6.65. The van der Waals surface area contributed by atoms with Crippen LogP contribution in [0.15, 0.2) is 16.6 Å². The van der Waals surface area contributed by atoms with E-state index in [1.807, 2.05) is 25.3 Å². The Hall–Kier alpha value is -1.87. The second kappa shape index (κ2) is 6.93. The van der Waals surface area contributed by atoms with E-state index in [-0.39, 0.29) is 6.04 Å². The van der Waals surface area contributed by atoms with E-state index < -0.39 is 17.2 Å². The number of fused-ring (bicyclic) bond motifs is 1. The van der Waals surface area contributed by atoms with E-state index in [1.165, 1.54) is 11.3 Å². The third kappa shape index (κ3) is 4.08. The Balaban J connectivity index is 2.02. The van der Waals surface area contributed by atoms with Crippen molar-refractivity contribution in [1.82, 2.24) is 20.6 Å². The molecular formula is C13H17N5O2S2. The average Bonchev–Trinajstić information content (AvgIpc) is 2.86. The Morgan fingerprint density at radius 2 is 2.05 bits per heavy atom. The van der Waals surface area contributed by atoms with Crippen LogP contribution < -0.4 is 16.4 Å². The summed E-state index contributed by atoms with van der Waals surface area (Å²) in [6.07, 6.45) is 0. The molecule has 4 N–H and O–H groups in total. The number of carbonyl (C=O) groups excluding carboxylic acids is 2. The van der Waals surface area contributed by atoms with E-state index in [9.17, 15) is 9.59 Å². The molecule has 0 fully saturated rings. The van der Waals surface area contributed by atoms with Crippen molar-refractivity contribution in [3.8, 4) is 0 Å². The zero-order chi connectivity index (χ0) is 16.3. The lowest BCUT2D eigenvalue weighted by Gasteiger charge is -2.12. The van der Waals surface area contributed by atoms with Crippen molar-refractivity contribution in [2.75, 3.05) is 5.73 Å². The molecule has 0 saturated heterocycles. The fourth-order valence-electron chi connectivity index (χ4n) is 1.63. The number of nitrogens with zero attached hydrogens (tertiary/aromatic N) is 2. The van der Waals surface area contributed by atoms with E-state index >= 15 is 0 Å². The summed E-state index contributed by atoms with van der Waals surface area (Å²) in [6, 6.07) is 1.30. The van der Waals surface area contributed by atoms with Crippen molar-refractivity contribution >= 4 is 51.1 Å². The maximum Gasteiger partial charge on any atom is 0.321 e. The quantitative estimate of drug-likeness (QED) is 0.580. The smallest absolute Gasteiger partial charge is 0.321 e. The molecule has 118 valence electrons. The number of rotatable bonds is 4. The first-order valence-corrected chi connectivity index (χ1v) is 8.41. The summed E-state index contributed by atoms with van der Waals surface area (Å²) in [6.45, 7) is 5.31. The summed E-state index contributed by atoms with van der Waals surface area (Å²) >= 11 is 2.62. The van der Waals surface area contributed by atoms with Gasteiger partial charge in [0.05, 0.1) is 10.6 Å². The summed E-state index contributed by atoms with van der Waals surface area (Å²) in [5.41, 5.74) is 5.87. The summed E-state index contributed by atoms with van der Waals surface area (Å²) in [4.78, 5) is 32.8. The number of imide groups is 1. The van der Waals surface area contributed by atoms with Gasteiger partial charge in [-0.05, 0) is 32.2 Å². The van der Waals surface area contributed by atoms with Crippen molar-refractivity contribution in [2.24, 2.45) is 0 Å². The molecule has 0 aromatic carbocycles. The number of aromatic nitrogens is 2. The van der Waals surface area contributed by atoms with Crippen LogP contribution in [0.25, 0.3) is 10.2 Å². The predicted octanol–water partition coefficient (Wildman–Crippen LogP) is 1.99. The first-order chi connectivity index (χ1) is 10.4. The van der Waals surface area contributed by atoms with Gasteiger partial charge in [0.1, 0.15) is 10.6 Å². The molecular weight excluding hydrogens is 322 g/mol. The van der Waals surface area contributed by atoms with Gasteiger partial charge in [-0.2, -0.15) is 0 Å². The third-order valence-corrected chi connectivity index (χ3v) is 4.41. The molecule has 0 aliphatic heterocycles. The number of urea groups is 1. The minimum absolute atomic E-state index is 0.0415. The monoisotopic (exact) mass is 339 g/mol. The van der Waals surface area contributed by atoms with Gasteiger partial charge < -0.3 is 11.1 Å². The summed E-state index contributed by atoms with van der Waals surface area (Å²) in [5.74, 6) is -0.0180. The van der Waals surface area contributed by atoms with Gasteiger partial charge in [-0.1, -0.05) is 11.8 Å². The second-order valence-electron chi connectivity index (χ2n) is 4.91. The number of nitrogens with two attached hydrogens (primary N) is 1. The van der Waals surface area contributed by atoms with Crippen LogP contribution in [0.1, 0.15) is 20.8 Å². The van der Waals surface area contributed by atoms with Gasteiger partial charge in [-0.15, -0.1) is 11.3 Å². The summed E-state index contributed by atoms with van der Waals surface area (Å²) < 4.78 is 0. The Morgan fingerprint density at radius 1 is 1.32 bits per heavy atom. The van der Waals surface area contributed by atoms with Crippen molar-refractivity contribution < 1.29 is 9.59 Å². The van der Waals surface area contributed by atoms with E-state index in [2.05, 4.69) is 20.6 Å². The molecule has 2 heterocycles. The lowest BCUT2D eigenvalue weighted by molar-refractivity contribution is -0.119. The number of anilines is 1. The molecule has 0 unspecified atom stereocenters. The Labute approximate surface area is 136 Å².